The Morgan fingerprint density at radius 1 is 0.969 bits per heavy atom. The zero-order valence-corrected chi connectivity index (χ0v) is 19.9. The Bertz CT molecular complexity index is 895. The van der Waals surface area contributed by atoms with Crippen LogP contribution >= 0.6 is 0 Å². The van der Waals surface area contributed by atoms with Crippen molar-refractivity contribution >= 4 is 11.8 Å². The van der Waals surface area contributed by atoms with Crippen molar-refractivity contribution in [1.29, 1.82) is 0 Å². The molecule has 1 unspecified atom stereocenters. The average Bonchev–Trinajstić information content (AvgIpc) is 2.75. The van der Waals surface area contributed by atoms with E-state index in [0.29, 0.717) is 43.9 Å². The summed E-state index contributed by atoms with van der Waals surface area (Å²) in [5.41, 5.74) is 2.52. The van der Waals surface area contributed by atoms with E-state index in [2.05, 4.69) is 10.6 Å². The summed E-state index contributed by atoms with van der Waals surface area (Å²) in [5, 5.41) is 5.89. The number of nitrogens with one attached hydrogen (secondary N) is 2. The van der Waals surface area contributed by atoms with Crippen LogP contribution in [0.3, 0.4) is 0 Å². The number of ether oxygens (including phenoxy) is 2. The molecule has 2 rings (SSSR count). The number of hydrogen-bond donors (Lipinski definition) is 2. The molecule has 0 aliphatic rings. The van der Waals surface area contributed by atoms with Gasteiger partial charge in [0.2, 0.25) is 5.91 Å². The fraction of sp³-hybridized carbons (Fsp3) is 0.462. The number of amides is 2. The first-order chi connectivity index (χ1) is 15.3. The Labute approximate surface area is 191 Å². The molecule has 0 saturated carbocycles. The van der Waals surface area contributed by atoms with Gasteiger partial charge in [-0.1, -0.05) is 38.1 Å². The number of aryl methyl sites for hydroxylation is 1. The summed E-state index contributed by atoms with van der Waals surface area (Å²) in [6.07, 6.45) is 1.22. The van der Waals surface area contributed by atoms with Crippen molar-refractivity contribution in [2.75, 3.05) is 19.8 Å². The maximum absolute atomic E-state index is 12.9. The van der Waals surface area contributed by atoms with Crippen LogP contribution in [-0.4, -0.2) is 37.6 Å². The molecule has 0 fully saturated rings. The fourth-order valence-corrected chi connectivity index (χ4v) is 3.47. The van der Waals surface area contributed by atoms with E-state index < -0.39 is 6.04 Å². The summed E-state index contributed by atoms with van der Waals surface area (Å²) in [4.78, 5) is 25.6. The molecule has 2 aromatic carbocycles. The quantitative estimate of drug-likeness (QED) is 0.516. The van der Waals surface area contributed by atoms with Crippen molar-refractivity contribution in [3.05, 3.63) is 59.2 Å². The van der Waals surface area contributed by atoms with Gasteiger partial charge in [0.05, 0.1) is 13.2 Å². The standard InChI is InChI=1S/C26H36N2O4/c1-6-31-23-13-12-20(17-24(23)32-7-2)14-15-27-26(30)22(16-18(3)4)28-25(29)21-11-9-8-10-19(21)5/h8-13,17-18,22H,6-7,14-16H2,1-5H3,(H,27,30)(H,28,29). The molecule has 0 heterocycles. The topological polar surface area (TPSA) is 76.7 Å². The molecule has 0 saturated heterocycles. The fourth-order valence-electron chi connectivity index (χ4n) is 3.47. The number of hydrogen-bond acceptors (Lipinski definition) is 4. The van der Waals surface area contributed by atoms with Crippen LogP contribution in [0.1, 0.15) is 55.6 Å². The van der Waals surface area contributed by atoms with E-state index in [1.165, 1.54) is 0 Å². The second-order valence-corrected chi connectivity index (χ2v) is 8.16. The van der Waals surface area contributed by atoms with Crippen molar-refractivity contribution < 1.29 is 19.1 Å². The number of benzene rings is 2. The smallest absolute Gasteiger partial charge is 0.252 e. The molecule has 2 N–H and O–H groups in total. The summed E-state index contributed by atoms with van der Waals surface area (Å²) >= 11 is 0. The molecule has 2 amide bonds. The largest absolute Gasteiger partial charge is 0.490 e. The summed E-state index contributed by atoms with van der Waals surface area (Å²) in [6, 6.07) is 12.6. The van der Waals surface area contributed by atoms with Crippen LogP contribution in [0.4, 0.5) is 0 Å². The Balaban J connectivity index is 1.99. The Morgan fingerprint density at radius 3 is 2.31 bits per heavy atom. The van der Waals surface area contributed by atoms with Crippen molar-refractivity contribution in [3.8, 4) is 11.5 Å². The third kappa shape index (κ3) is 7.59. The molecular weight excluding hydrogens is 404 g/mol. The number of carbonyl (C=O) groups excluding carboxylic acids is 2. The van der Waals surface area contributed by atoms with Crippen LogP contribution < -0.4 is 20.1 Å². The molecule has 1 atom stereocenters. The van der Waals surface area contributed by atoms with Gasteiger partial charge in [-0.25, -0.2) is 0 Å². The van der Waals surface area contributed by atoms with Gasteiger partial charge < -0.3 is 20.1 Å². The third-order valence-electron chi connectivity index (χ3n) is 5.04. The molecule has 0 aliphatic heterocycles. The molecule has 0 spiro atoms. The van der Waals surface area contributed by atoms with E-state index in [4.69, 9.17) is 9.47 Å². The van der Waals surface area contributed by atoms with Gasteiger partial charge in [-0.2, -0.15) is 0 Å². The minimum Gasteiger partial charge on any atom is -0.490 e. The summed E-state index contributed by atoms with van der Waals surface area (Å²) < 4.78 is 11.3. The monoisotopic (exact) mass is 440 g/mol. The van der Waals surface area contributed by atoms with Crippen LogP contribution in [0.25, 0.3) is 0 Å². The predicted molar refractivity (Wildman–Crippen MR) is 127 cm³/mol. The van der Waals surface area contributed by atoms with Crippen LogP contribution in [0.5, 0.6) is 11.5 Å². The lowest BCUT2D eigenvalue weighted by Crippen LogP contribution is -2.48. The molecule has 2 aromatic rings. The van der Waals surface area contributed by atoms with Gasteiger partial charge >= 0.3 is 0 Å². The maximum atomic E-state index is 12.9. The second-order valence-electron chi connectivity index (χ2n) is 8.16. The Hall–Kier alpha value is -3.02. The van der Waals surface area contributed by atoms with Gasteiger partial charge in [0.25, 0.3) is 5.91 Å². The van der Waals surface area contributed by atoms with Crippen LogP contribution in [0.15, 0.2) is 42.5 Å². The van der Waals surface area contributed by atoms with Crippen molar-refractivity contribution in [3.63, 3.8) is 0 Å². The first-order valence-electron chi connectivity index (χ1n) is 11.4. The molecule has 32 heavy (non-hydrogen) atoms. The lowest BCUT2D eigenvalue weighted by Gasteiger charge is -2.21. The van der Waals surface area contributed by atoms with Crippen molar-refractivity contribution in [2.24, 2.45) is 5.92 Å². The molecular formula is C26H36N2O4. The van der Waals surface area contributed by atoms with Crippen LogP contribution in [0.2, 0.25) is 0 Å². The molecule has 0 radical (unpaired) electrons. The summed E-state index contributed by atoms with van der Waals surface area (Å²) in [7, 11) is 0. The Morgan fingerprint density at radius 2 is 1.66 bits per heavy atom. The number of rotatable bonds is 12. The molecule has 0 bridgehead atoms. The first-order valence-corrected chi connectivity index (χ1v) is 11.4. The predicted octanol–water partition coefficient (Wildman–Crippen LogP) is 4.30. The van der Waals surface area contributed by atoms with Crippen molar-refractivity contribution in [1.82, 2.24) is 10.6 Å². The van der Waals surface area contributed by atoms with Gasteiger partial charge in [0, 0.05) is 12.1 Å². The van der Waals surface area contributed by atoms with Crippen LogP contribution in [0, 0.1) is 12.8 Å². The van der Waals surface area contributed by atoms with E-state index in [1.54, 1.807) is 6.07 Å². The highest BCUT2D eigenvalue weighted by molar-refractivity contribution is 5.98. The van der Waals surface area contributed by atoms with Crippen LogP contribution in [-0.2, 0) is 11.2 Å². The Kier molecular flexibility index (Phi) is 10.1. The average molecular weight is 441 g/mol. The van der Waals surface area contributed by atoms with Gasteiger partial charge in [0.15, 0.2) is 11.5 Å². The van der Waals surface area contributed by atoms with Gasteiger partial charge in [-0.3, -0.25) is 9.59 Å². The normalized spacial score (nSPS) is 11.7. The van der Waals surface area contributed by atoms with Crippen molar-refractivity contribution in [2.45, 2.75) is 53.5 Å². The highest BCUT2D eigenvalue weighted by Crippen LogP contribution is 2.28. The van der Waals surface area contributed by atoms with E-state index >= 15 is 0 Å². The molecule has 0 aromatic heterocycles. The first kappa shape index (κ1) is 25.2. The van der Waals surface area contributed by atoms with E-state index in [9.17, 15) is 9.59 Å². The maximum Gasteiger partial charge on any atom is 0.252 e. The molecule has 6 heteroatoms. The van der Waals surface area contributed by atoms with Gasteiger partial charge in [-0.15, -0.1) is 0 Å². The zero-order valence-electron chi connectivity index (χ0n) is 19.9. The van der Waals surface area contributed by atoms with Gasteiger partial charge in [-0.05, 0) is 68.9 Å². The minimum absolute atomic E-state index is 0.170. The lowest BCUT2D eigenvalue weighted by molar-refractivity contribution is -0.123. The number of carbonyl (C=O) groups is 2. The second kappa shape index (κ2) is 12.7. The van der Waals surface area contributed by atoms with E-state index in [-0.39, 0.29) is 17.7 Å². The van der Waals surface area contributed by atoms with E-state index in [1.807, 2.05) is 71.0 Å². The lowest BCUT2D eigenvalue weighted by atomic mass is 10.0. The van der Waals surface area contributed by atoms with Gasteiger partial charge in [0.1, 0.15) is 6.04 Å². The molecule has 0 aliphatic carbocycles. The summed E-state index contributed by atoms with van der Waals surface area (Å²) in [6.45, 7) is 11.4. The minimum atomic E-state index is -0.582. The SMILES string of the molecule is CCOc1ccc(CCNC(=O)C(CC(C)C)NC(=O)c2ccccc2C)cc1OCC. The third-order valence-corrected chi connectivity index (χ3v) is 5.04. The highest BCUT2D eigenvalue weighted by Gasteiger charge is 2.23. The zero-order chi connectivity index (χ0) is 23.5. The molecule has 174 valence electrons. The summed E-state index contributed by atoms with van der Waals surface area (Å²) in [5.74, 6) is 1.30. The highest BCUT2D eigenvalue weighted by atomic mass is 16.5. The van der Waals surface area contributed by atoms with E-state index in [0.717, 1.165) is 16.9 Å². The molecule has 6 nitrogen and oxygen atoms in total.